The molecular weight excluding hydrogens is 260 g/mol. The predicted molar refractivity (Wildman–Crippen MR) is 69.2 cm³/mol. The van der Waals surface area contributed by atoms with Gasteiger partial charge in [-0.25, -0.2) is 8.42 Å². The second-order valence-electron chi connectivity index (χ2n) is 3.63. The van der Waals surface area contributed by atoms with Crippen LogP contribution in [0.25, 0.3) is 0 Å². The van der Waals surface area contributed by atoms with Crippen LogP contribution in [0.15, 0.2) is 17.0 Å². The zero-order valence-corrected chi connectivity index (χ0v) is 11.1. The highest BCUT2D eigenvalue weighted by molar-refractivity contribution is 7.89. The van der Waals surface area contributed by atoms with Crippen LogP contribution in [0, 0.1) is 19.3 Å². The van der Waals surface area contributed by atoms with Crippen molar-refractivity contribution in [3.8, 4) is 12.3 Å². The van der Waals surface area contributed by atoms with E-state index in [4.69, 9.17) is 23.8 Å². The van der Waals surface area contributed by atoms with Gasteiger partial charge in [0.25, 0.3) is 0 Å². The Labute approximate surface area is 106 Å². The summed E-state index contributed by atoms with van der Waals surface area (Å²) < 4.78 is 26.1. The van der Waals surface area contributed by atoms with E-state index in [1.165, 1.54) is 12.1 Å². The molecule has 4 nitrogen and oxygen atoms in total. The summed E-state index contributed by atoms with van der Waals surface area (Å²) in [6, 6.07) is 2.10. The maximum atomic E-state index is 11.9. The standard InChI is InChI=1S/C11H13ClN2O2S/c1-4-7(2)14-17(15,16)9-5-10(12)8(3)11(13)6-9/h1,5-7,14H,13H2,2-3H3. The first kappa shape index (κ1) is 13.8. The lowest BCUT2D eigenvalue weighted by Gasteiger charge is -2.11. The van der Waals surface area contributed by atoms with Crippen LogP contribution in [0.1, 0.15) is 12.5 Å². The van der Waals surface area contributed by atoms with Crippen LogP contribution >= 0.6 is 11.6 Å². The van der Waals surface area contributed by atoms with E-state index in [2.05, 4.69) is 10.6 Å². The van der Waals surface area contributed by atoms with Crippen molar-refractivity contribution in [3.05, 3.63) is 22.7 Å². The van der Waals surface area contributed by atoms with Gasteiger partial charge in [-0.1, -0.05) is 17.5 Å². The molecule has 0 fully saturated rings. The van der Waals surface area contributed by atoms with Gasteiger partial charge in [0, 0.05) is 10.7 Å². The van der Waals surface area contributed by atoms with Gasteiger partial charge in [0.2, 0.25) is 10.0 Å². The molecule has 1 aromatic rings. The van der Waals surface area contributed by atoms with Gasteiger partial charge >= 0.3 is 0 Å². The molecule has 0 amide bonds. The number of rotatable bonds is 3. The van der Waals surface area contributed by atoms with E-state index in [0.717, 1.165) is 0 Å². The fourth-order valence-corrected chi connectivity index (χ4v) is 2.68. The molecule has 0 aliphatic heterocycles. The number of nitrogens with one attached hydrogen (secondary N) is 1. The van der Waals surface area contributed by atoms with Crippen LogP contribution in [0.4, 0.5) is 5.69 Å². The third-order valence-corrected chi connectivity index (χ3v) is 4.16. The zero-order chi connectivity index (χ0) is 13.2. The maximum Gasteiger partial charge on any atom is 0.241 e. The summed E-state index contributed by atoms with van der Waals surface area (Å²) in [6.45, 7) is 3.28. The molecule has 0 aromatic heterocycles. The summed E-state index contributed by atoms with van der Waals surface area (Å²) in [5, 5.41) is 0.304. The summed E-state index contributed by atoms with van der Waals surface area (Å²) in [5.41, 5.74) is 6.64. The van der Waals surface area contributed by atoms with E-state index < -0.39 is 16.1 Å². The molecule has 0 heterocycles. The van der Waals surface area contributed by atoms with Crippen molar-refractivity contribution < 1.29 is 8.42 Å². The van der Waals surface area contributed by atoms with Gasteiger partial charge in [0.05, 0.1) is 10.9 Å². The Kier molecular flexibility index (Phi) is 4.04. The number of anilines is 1. The highest BCUT2D eigenvalue weighted by Gasteiger charge is 2.18. The van der Waals surface area contributed by atoms with Crippen LogP contribution in [-0.2, 0) is 10.0 Å². The lowest BCUT2D eigenvalue weighted by atomic mass is 10.2. The van der Waals surface area contributed by atoms with E-state index >= 15 is 0 Å². The smallest absolute Gasteiger partial charge is 0.241 e. The van der Waals surface area contributed by atoms with Crippen LogP contribution in [0.5, 0.6) is 0 Å². The molecule has 1 unspecified atom stereocenters. The van der Waals surface area contributed by atoms with Gasteiger partial charge in [-0.05, 0) is 31.5 Å². The third-order valence-electron chi connectivity index (χ3n) is 2.25. The molecule has 0 radical (unpaired) electrons. The quantitative estimate of drug-likeness (QED) is 0.647. The molecule has 92 valence electrons. The summed E-state index contributed by atoms with van der Waals surface area (Å²) in [5.74, 6) is 2.28. The molecule has 6 heteroatoms. The highest BCUT2D eigenvalue weighted by atomic mass is 35.5. The zero-order valence-electron chi connectivity index (χ0n) is 9.49. The monoisotopic (exact) mass is 272 g/mol. The van der Waals surface area contributed by atoms with Crippen molar-refractivity contribution >= 4 is 27.3 Å². The van der Waals surface area contributed by atoms with Gasteiger partial charge in [0.15, 0.2) is 0 Å². The van der Waals surface area contributed by atoms with E-state index in [1.54, 1.807) is 13.8 Å². The number of sulfonamides is 1. The number of nitrogen functional groups attached to an aromatic ring is 1. The Morgan fingerprint density at radius 3 is 2.59 bits per heavy atom. The summed E-state index contributed by atoms with van der Waals surface area (Å²) in [6.07, 6.45) is 5.11. The minimum absolute atomic E-state index is 0.00713. The minimum atomic E-state index is -3.69. The lowest BCUT2D eigenvalue weighted by molar-refractivity contribution is 0.577. The van der Waals surface area contributed by atoms with E-state index in [1.807, 2.05) is 0 Å². The third kappa shape index (κ3) is 3.13. The van der Waals surface area contributed by atoms with E-state index in [9.17, 15) is 8.42 Å². The summed E-state index contributed by atoms with van der Waals surface area (Å²) in [4.78, 5) is 0.00713. The fourth-order valence-electron chi connectivity index (χ4n) is 1.16. The molecular formula is C11H13ClN2O2S. The highest BCUT2D eigenvalue weighted by Crippen LogP contribution is 2.25. The van der Waals surface area contributed by atoms with Crippen molar-refractivity contribution in [3.63, 3.8) is 0 Å². The average molecular weight is 273 g/mol. The van der Waals surface area contributed by atoms with E-state index in [-0.39, 0.29) is 4.90 Å². The fraction of sp³-hybridized carbons (Fsp3) is 0.273. The van der Waals surface area contributed by atoms with Crippen molar-refractivity contribution in [1.82, 2.24) is 4.72 Å². The topological polar surface area (TPSA) is 72.2 Å². The molecule has 1 atom stereocenters. The van der Waals surface area contributed by atoms with Gasteiger partial charge in [-0.2, -0.15) is 4.72 Å². The molecule has 0 saturated heterocycles. The van der Waals surface area contributed by atoms with Gasteiger partial charge in [-0.3, -0.25) is 0 Å². The molecule has 1 aromatic carbocycles. The Bertz CT molecular complexity index is 553. The van der Waals surface area contributed by atoms with Crippen molar-refractivity contribution in [1.29, 1.82) is 0 Å². The lowest BCUT2D eigenvalue weighted by Crippen LogP contribution is -2.31. The number of hydrogen-bond acceptors (Lipinski definition) is 3. The normalized spacial score (nSPS) is 13.1. The van der Waals surface area contributed by atoms with Gasteiger partial charge in [0.1, 0.15) is 0 Å². The predicted octanol–water partition coefficient (Wildman–Crippen LogP) is 1.53. The number of terminal acetylenes is 1. The molecule has 0 spiro atoms. The Morgan fingerprint density at radius 1 is 1.53 bits per heavy atom. The largest absolute Gasteiger partial charge is 0.398 e. The summed E-state index contributed by atoms with van der Waals surface area (Å²) >= 11 is 5.88. The molecule has 17 heavy (non-hydrogen) atoms. The Balaban J connectivity index is 3.22. The van der Waals surface area contributed by atoms with Crippen LogP contribution in [0.2, 0.25) is 5.02 Å². The van der Waals surface area contributed by atoms with Crippen molar-refractivity contribution in [2.75, 3.05) is 5.73 Å². The number of nitrogens with two attached hydrogens (primary N) is 1. The molecule has 1 rings (SSSR count). The first-order valence-electron chi connectivity index (χ1n) is 4.82. The molecule has 0 saturated carbocycles. The van der Waals surface area contributed by atoms with Crippen LogP contribution < -0.4 is 10.5 Å². The van der Waals surface area contributed by atoms with Gasteiger partial charge < -0.3 is 5.73 Å². The minimum Gasteiger partial charge on any atom is -0.398 e. The first-order chi connectivity index (χ1) is 7.77. The first-order valence-corrected chi connectivity index (χ1v) is 6.68. The number of halogens is 1. The second kappa shape index (κ2) is 4.96. The van der Waals surface area contributed by atoms with Crippen LogP contribution in [-0.4, -0.2) is 14.5 Å². The molecule has 0 aliphatic rings. The van der Waals surface area contributed by atoms with Crippen molar-refractivity contribution in [2.24, 2.45) is 0 Å². The van der Waals surface area contributed by atoms with Crippen molar-refractivity contribution in [2.45, 2.75) is 24.8 Å². The summed E-state index contributed by atoms with van der Waals surface area (Å²) in [7, 11) is -3.69. The van der Waals surface area contributed by atoms with Crippen LogP contribution in [0.3, 0.4) is 0 Å². The number of hydrogen-bond donors (Lipinski definition) is 2. The molecule has 3 N–H and O–H groups in total. The number of benzene rings is 1. The Hall–Kier alpha value is -1.22. The second-order valence-corrected chi connectivity index (χ2v) is 5.75. The average Bonchev–Trinajstić information content (AvgIpc) is 2.24. The molecule has 0 bridgehead atoms. The van der Waals surface area contributed by atoms with E-state index in [0.29, 0.717) is 16.3 Å². The molecule has 0 aliphatic carbocycles. The Morgan fingerprint density at radius 2 is 2.12 bits per heavy atom. The van der Waals surface area contributed by atoms with Gasteiger partial charge in [-0.15, -0.1) is 6.42 Å². The SMILES string of the molecule is C#CC(C)NS(=O)(=O)c1cc(N)c(C)c(Cl)c1. The maximum absolute atomic E-state index is 11.9.